The van der Waals surface area contributed by atoms with Crippen LogP contribution in [0.2, 0.25) is 0 Å². The van der Waals surface area contributed by atoms with Crippen LogP contribution in [0, 0.1) is 6.92 Å². The molecule has 1 aromatic heterocycles. The molecular formula is C8H12F3N3. The minimum atomic E-state index is -4.38. The predicted octanol–water partition coefficient (Wildman–Crippen LogP) is 1.56. The van der Waals surface area contributed by atoms with Gasteiger partial charge in [0.15, 0.2) is 5.69 Å². The van der Waals surface area contributed by atoms with E-state index in [4.69, 9.17) is 5.73 Å². The van der Waals surface area contributed by atoms with Gasteiger partial charge in [0, 0.05) is 11.7 Å². The summed E-state index contributed by atoms with van der Waals surface area (Å²) < 4.78 is 37.9. The first-order chi connectivity index (χ1) is 6.30. The van der Waals surface area contributed by atoms with Crippen LogP contribution in [-0.2, 0) is 12.7 Å². The first-order valence-electron chi connectivity index (χ1n) is 4.18. The van der Waals surface area contributed by atoms with Crippen LogP contribution in [0.25, 0.3) is 0 Å². The second kappa shape index (κ2) is 3.61. The highest BCUT2D eigenvalue weighted by Crippen LogP contribution is 2.28. The summed E-state index contributed by atoms with van der Waals surface area (Å²) in [5.41, 5.74) is 5.07. The van der Waals surface area contributed by atoms with Gasteiger partial charge >= 0.3 is 6.18 Å². The Bertz CT molecular complexity index is 314. The second-order valence-corrected chi connectivity index (χ2v) is 3.33. The number of halogens is 3. The zero-order valence-corrected chi connectivity index (χ0v) is 7.97. The van der Waals surface area contributed by atoms with Gasteiger partial charge < -0.3 is 5.73 Å². The molecular weight excluding hydrogens is 195 g/mol. The van der Waals surface area contributed by atoms with Crippen LogP contribution in [0.5, 0.6) is 0 Å². The number of aryl methyl sites for hydroxylation is 1. The maximum Gasteiger partial charge on any atom is 0.435 e. The lowest BCUT2D eigenvalue weighted by molar-refractivity contribution is -0.141. The van der Waals surface area contributed by atoms with Crippen molar-refractivity contribution in [1.82, 2.24) is 9.78 Å². The second-order valence-electron chi connectivity index (χ2n) is 3.33. The summed E-state index contributed by atoms with van der Waals surface area (Å²) in [5, 5.41) is 3.43. The fourth-order valence-corrected chi connectivity index (χ4v) is 1.11. The van der Waals surface area contributed by atoms with Gasteiger partial charge in [-0.3, -0.25) is 4.68 Å². The molecule has 3 nitrogen and oxygen atoms in total. The van der Waals surface area contributed by atoms with Crippen LogP contribution < -0.4 is 5.73 Å². The molecule has 0 saturated carbocycles. The van der Waals surface area contributed by atoms with E-state index in [1.54, 1.807) is 13.8 Å². The highest BCUT2D eigenvalue weighted by molar-refractivity contribution is 5.11. The molecule has 1 heterocycles. The summed E-state index contributed by atoms with van der Waals surface area (Å²) in [6.07, 6.45) is -4.38. The third-order valence-electron chi connectivity index (χ3n) is 1.73. The Balaban J connectivity index is 2.94. The minimum Gasteiger partial charge on any atom is -0.326 e. The Labute approximate surface area is 79.7 Å². The van der Waals surface area contributed by atoms with Gasteiger partial charge in [-0.15, -0.1) is 0 Å². The summed E-state index contributed by atoms with van der Waals surface area (Å²) in [6.45, 7) is 3.58. The minimum absolute atomic E-state index is 0.213. The van der Waals surface area contributed by atoms with Crippen molar-refractivity contribution in [2.24, 2.45) is 5.73 Å². The normalized spacial score (nSPS) is 14.4. The molecule has 6 heteroatoms. The van der Waals surface area contributed by atoms with Crippen molar-refractivity contribution < 1.29 is 13.2 Å². The molecule has 1 rings (SSSR count). The highest BCUT2D eigenvalue weighted by atomic mass is 19.4. The summed E-state index contributed by atoms with van der Waals surface area (Å²) >= 11 is 0. The monoisotopic (exact) mass is 207 g/mol. The number of aromatic nitrogens is 2. The van der Waals surface area contributed by atoms with Crippen molar-refractivity contribution in [1.29, 1.82) is 0 Å². The van der Waals surface area contributed by atoms with E-state index in [-0.39, 0.29) is 6.04 Å². The molecule has 0 aliphatic carbocycles. The number of hydrogen-bond acceptors (Lipinski definition) is 2. The molecule has 14 heavy (non-hydrogen) atoms. The highest BCUT2D eigenvalue weighted by Gasteiger charge is 2.34. The molecule has 0 aromatic carbocycles. The first kappa shape index (κ1) is 11.0. The molecule has 1 unspecified atom stereocenters. The van der Waals surface area contributed by atoms with Gasteiger partial charge in [-0.05, 0) is 19.9 Å². The third-order valence-corrected chi connectivity index (χ3v) is 1.73. The molecule has 1 atom stereocenters. The van der Waals surface area contributed by atoms with Gasteiger partial charge in [-0.25, -0.2) is 0 Å². The van der Waals surface area contributed by atoms with Gasteiger partial charge in [0.25, 0.3) is 0 Å². The van der Waals surface area contributed by atoms with E-state index in [1.807, 2.05) is 0 Å². The number of rotatable bonds is 2. The molecule has 0 aliphatic heterocycles. The quantitative estimate of drug-likeness (QED) is 0.799. The number of nitrogens with two attached hydrogens (primary N) is 1. The van der Waals surface area contributed by atoms with Crippen LogP contribution in [0.4, 0.5) is 13.2 Å². The SMILES string of the molecule is Cc1cc(C(F)(F)F)nn1CC(C)N. The fourth-order valence-electron chi connectivity index (χ4n) is 1.11. The van der Waals surface area contributed by atoms with E-state index in [0.717, 1.165) is 6.07 Å². The molecule has 0 bridgehead atoms. The van der Waals surface area contributed by atoms with Crippen molar-refractivity contribution in [2.75, 3.05) is 0 Å². The number of alkyl halides is 3. The molecule has 80 valence electrons. The van der Waals surface area contributed by atoms with Gasteiger partial charge in [0.1, 0.15) is 0 Å². The zero-order chi connectivity index (χ0) is 10.9. The molecule has 0 amide bonds. The van der Waals surface area contributed by atoms with Gasteiger partial charge in [-0.1, -0.05) is 0 Å². The summed E-state index contributed by atoms with van der Waals surface area (Å²) in [4.78, 5) is 0. The Kier molecular flexibility index (Phi) is 2.84. The van der Waals surface area contributed by atoms with Crippen LogP contribution in [0.3, 0.4) is 0 Å². The molecule has 1 aromatic rings. The molecule has 0 aliphatic rings. The van der Waals surface area contributed by atoms with Crippen molar-refractivity contribution >= 4 is 0 Å². The van der Waals surface area contributed by atoms with Crippen LogP contribution in [-0.4, -0.2) is 15.8 Å². The molecule has 2 N–H and O–H groups in total. The average Bonchev–Trinajstić information content (AvgIpc) is 2.30. The Hall–Kier alpha value is -1.04. The van der Waals surface area contributed by atoms with Crippen molar-refractivity contribution in [2.45, 2.75) is 32.6 Å². The van der Waals surface area contributed by atoms with Crippen molar-refractivity contribution in [3.05, 3.63) is 17.5 Å². The largest absolute Gasteiger partial charge is 0.435 e. The van der Waals surface area contributed by atoms with E-state index < -0.39 is 11.9 Å². The van der Waals surface area contributed by atoms with Crippen molar-refractivity contribution in [3.8, 4) is 0 Å². The zero-order valence-electron chi connectivity index (χ0n) is 7.97. The van der Waals surface area contributed by atoms with Gasteiger partial charge in [0.2, 0.25) is 0 Å². The topological polar surface area (TPSA) is 43.8 Å². The van der Waals surface area contributed by atoms with Crippen LogP contribution in [0.1, 0.15) is 18.3 Å². The van der Waals surface area contributed by atoms with E-state index in [9.17, 15) is 13.2 Å². The number of hydrogen-bond donors (Lipinski definition) is 1. The summed E-state index contributed by atoms with van der Waals surface area (Å²) in [6, 6.07) is 0.803. The molecule has 0 spiro atoms. The molecule has 0 fully saturated rings. The third kappa shape index (κ3) is 2.47. The van der Waals surface area contributed by atoms with E-state index in [1.165, 1.54) is 4.68 Å². The molecule has 0 radical (unpaired) electrons. The number of nitrogens with zero attached hydrogens (tertiary/aromatic N) is 2. The lowest BCUT2D eigenvalue weighted by Gasteiger charge is -2.07. The van der Waals surface area contributed by atoms with Gasteiger partial charge in [-0.2, -0.15) is 18.3 Å². The first-order valence-corrected chi connectivity index (χ1v) is 4.18. The maximum atomic E-state index is 12.2. The van der Waals surface area contributed by atoms with E-state index in [2.05, 4.69) is 5.10 Å². The summed E-state index contributed by atoms with van der Waals surface area (Å²) in [7, 11) is 0. The lowest BCUT2D eigenvalue weighted by atomic mass is 10.3. The van der Waals surface area contributed by atoms with Crippen molar-refractivity contribution in [3.63, 3.8) is 0 Å². The van der Waals surface area contributed by atoms with Gasteiger partial charge in [0.05, 0.1) is 6.54 Å². The Morgan fingerprint density at radius 3 is 2.50 bits per heavy atom. The Morgan fingerprint density at radius 1 is 1.57 bits per heavy atom. The molecule has 0 saturated heterocycles. The van der Waals surface area contributed by atoms with E-state index >= 15 is 0 Å². The maximum absolute atomic E-state index is 12.2. The predicted molar refractivity (Wildman–Crippen MR) is 45.6 cm³/mol. The lowest BCUT2D eigenvalue weighted by Crippen LogP contribution is -2.23. The van der Waals surface area contributed by atoms with Crippen LogP contribution in [0.15, 0.2) is 6.07 Å². The Morgan fingerprint density at radius 2 is 2.14 bits per heavy atom. The summed E-state index contributed by atoms with van der Waals surface area (Å²) in [5.74, 6) is 0. The van der Waals surface area contributed by atoms with E-state index in [0.29, 0.717) is 12.2 Å². The fraction of sp³-hybridized carbons (Fsp3) is 0.625. The van der Waals surface area contributed by atoms with Crippen LogP contribution >= 0.6 is 0 Å². The smallest absolute Gasteiger partial charge is 0.326 e. The average molecular weight is 207 g/mol. The standard InChI is InChI=1S/C8H12F3N3/c1-5(12)4-14-6(2)3-7(13-14)8(9,10)11/h3,5H,4,12H2,1-2H3.